The van der Waals surface area contributed by atoms with Gasteiger partial charge in [-0.15, -0.1) is 0 Å². The second kappa shape index (κ2) is 7.75. The summed E-state index contributed by atoms with van der Waals surface area (Å²) in [7, 11) is 0. The van der Waals surface area contributed by atoms with Gasteiger partial charge in [0.05, 0.1) is 18.5 Å². The lowest BCUT2D eigenvalue weighted by Gasteiger charge is -2.18. The summed E-state index contributed by atoms with van der Waals surface area (Å²) in [5, 5.41) is 5.44. The molecule has 1 aliphatic heterocycles. The van der Waals surface area contributed by atoms with E-state index in [0.29, 0.717) is 13.1 Å². The maximum Gasteiger partial charge on any atom is 0.239 e. The number of benzene rings is 1. The van der Waals surface area contributed by atoms with Crippen molar-refractivity contribution in [2.45, 2.75) is 19.4 Å². The Morgan fingerprint density at radius 2 is 2.00 bits per heavy atom. The highest BCUT2D eigenvalue weighted by Gasteiger charge is 2.33. The lowest BCUT2D eigenvalue weighted by Crippen LogP contribution is -2.41. The Hall–Kier alpha value is -1.92. The predicted octanol–water partition coefficient (Wildman–Crippen LogP) is 0.0941. The molecule has 2 atom stereocenters. The minimum absolute atomic E-state index is 0.0246. The van der Waals surface area contributed by atoms with Gasteiger partial charge in [-0.1, -0.05) is 37.3 Å². The first kappa shape index (κ1) is 15.5. The van der Waals surface area contributed by atoms with Gasteiger partial charge in [0.25, 0.3) is 0 Å². The normalized spacial score (nSPS) is 21.0. The van der Waals surface area contributed by atoms with E-state index in [2.05, 4.69) is 21.5 Å². The van der Waals surface area contributed by atoms with Crippen molar-refractivity contribution >= 4 is 11.8 Å². The van der Waals surface area contributed by atoms with Gasteiger partial charge >= 0.3 is 0 Å². The number of amides is 2. The highest BCUT2D eigenvalue weighted by atomic mass is 16.2. The predicted molar refractivity (Wildman–Crippen MR) is 80.1 cm³/mol. The van der Waals surface area contributed by atoms with Crippen LogP contribution >= 0.6 is 0 Å². The third kappa shape index (κ3) is 4.27. The quantitative estimate of drug-likeness (QED) is 0.599. The van der Waals surface area contributed by atoms with Gasteiger partial charge in [-0.25, -0.2) is 5.43 Å². The summed E-state index contributed by atoms with van der Waals surface area (Å²) in [6, 6.07) is 9.73. The fourth-order valence-electron chi connectivity index (χ4n) is 2.34. The lowest BCUT2D eigenvalue weighted by molar-refractivity contribution is -0.128. The van der Waals surface area contributed by atoms with Crippen LogP contribution in [0.15, 0.2) is 30.3 Å². The number of hydrogen-bond acceptors (Lipinski definition) is 4. The molecule has 0 saturated carbocycles. The van der Waals surface area contributed by atoms with Gasteiger partial charge in [0.15, 0.2) is 0 Å². The molecule has 1 aromatic carbocycles. The van der Waals surface area contributed by atoms with Crippen LogP contribution in [0, 0.1) is 5.92 Å². The summed E-state index contributed by atoms with van der Waals surface area (Å²) in [6.45, 7) is 3.19. The molecule has 6 nitrogen and oxygen atoms in total. The molecule has 1 fully saturated rings. The standard InChI is InChI=1S/C15H22N4O2/c1-2-8-16-13(20)10-17-15(21)12-9-18-19-14(12)11-6-4-3-5-7-11/h3-7,12,14,18-19H,2,8-10H2,1H3,(H,16,20)(H,17,21). The van der Waals surface area contributed by atoms with Crippen LogP contribution in [0.3, 0.4) is 0 Å². The second-order valence-corrected chi connectivity index (χ2v) is 5.09. The van der Waals surface area contributed by atoms with Crippen molar-refractivity contribution < 1.29 is 9.59 Å². The Bertz CT molecular complexity index is 478. The number of hydrogen-bond donors (Lipinski definition) is 4. The molecule has 1 heterocycles. The molecule has 2 unspecified atom stereocenters. The van der Waals surface area contributed by atoms with Crippen LogP contribution in [0.1, 0.15) is 24.9 Å². The Labute approximate surface area is 124 Å². The Morgan fingerprint density at radius 3 is 2.71 bits per heavy atom. The summed E-state index contributed by atoms with van der Waals surface area (Å²) in [5.41, 5.74) is 7.18. The van der Waals surface area contributed by atoms with Crippen LogP contribution in [0.2, 0.25) is 0 Å². The van der Waals surface area contributed by atoms with Crippen molar-refractivity contribution in [3.63, 3.8) is 0 Å². The van der Waals surface area contributed by atoms with E-state index in [1.165, 1.54) is 0 Å². The molecule has 0 spiro atoms. The van der Waals surface area contributed by atoms with E-state index in [0.717, 1.165) is 12.0 Å². The van der Waals surface area contributed by atoms with Gasteiger partial charge in [0, 0.05) is 13.1 Å². The summed E-state index contributed by atoms with van der Waals surface area (Å²) < 4.78 is 0. The van der Waals surface area contributed by atoms with Crippen molar-refractivity contribution in [2.24, 2.45) is 5.92 Å². The molecule has 0 bridgehead atoms. The number of carbonyl (C=O) groups excluding carboxylic acids is 2. The zero-order valence-corrected chi connectivity index (χ0v) is 12.2. The van der Waals surface area contributed by atoms with Gasteiger partial charge in [-0.2, -0.15) is 0 Å². The van der Waals surface area contributed by atoms with Crippen molar-refractivity contribution in [1.82, 2.24) is 21.5 Å². The van der Waals surface area contributed by atoms with E-state index in [-0.39, 0.29) is 30.3 Å². The monoisotopic (exact) mass is 290 g/mol. The van der Waals surface area contributed by atoms with E-state index in [1.54, 1.807) is 0 Å². The fraction of sp³-hybridized carbons (Fsp3) is 0.467. The number of rotatable bonds is 6. The third-order valence-corrected chi connectivity index (χ3v) is 3.47. The molecule has 0 aromatic heterocycles. The zero-order valence-electron chi connectivity index (χ0n) is 12.2. The molecule has 4 N–H and O–H groups in total. The SMILES string of the molecule is CCCNC(=O)CNC(=O)C1CNNC1c1ccccc1. The first-order chi connectivity index (χ1) is 10.2. The van der Waals surface area contributed by atoms with Crippen LogP contribution in [-0.2, 0) is 9.59 Å². The lowest BCUT2D eigenvalue weighted by atomic mass is 9.94. The van der Waals surface area contributed by atoms with Crippen LogP contribution in [-0.4, -0.2) is 31.4 Å². The van der Waals surface area contributed by atoms with Crippen LogP contribution < -0.4 is 21.5 Å². The van der Waals surface area contributed by atoms with Gasteiger partial charge in [0.1, 0.15) is 0 Å². The van der Waals surface area contributed by atoms with Crippen molar-refractivity contribution in [3.8, 4) is 0 Å². The molecular formula is C15H22N4O2. The summed E-state index contributed by atoms with van der Waals surface area (Å²) in [5.74, 6) is -0.500. The van der Waals surface area contributed by atoms with Crippen LogP contribution in [0.5, 0.6) is 0 Å². The van der Waals surface area contributed by atoms with Crippen molar-refractivity contribution in [1.29, 1.82) is 0 Å². The van der Waals surface area contributed by atoms with Gasteiger partial charge < -0.3 is 10.6 Å². The minimum Gasteiger partial charge on any atom is -0.355 e. The molecule has 1 aromatic rings. The minimum atomic E-state index is -0.230. The highest BCUT2D eigenvalue weighted by molar-refractivity contribution is 5.86. The van der Waals surface area contributed by atoms with Crippen molar-refractivity contribution in [3.05, 3.63) is 35.9 Å². The van der Waals surface area contributed by atoms with E-state index >= 15 is 0 Å². The zero-order chi connectivity index (χ0) is 15.1. The third-order valence-electron chi connectivity index (χ3n) is 3.47. The van der Waals surface area contributed by atoms with E-state index in [1.807, 2.05) is 37.3 Å². The maximum absolute atomic E-state index is 12.2. The van der Waals surface area contributed by atoms with Crippen LogP contribution in [0.25, 0.3) is 0 Å². The van der Waals surface area contributed by atoms with Gasteiger partial charge in [0.2, 0.25) is 11.8 Å². The van der Waals surface area contributed by atoms with E-state index in [4.69, 9.17) is 0 Å². The average Bonchev–Trinajstić information content (AvgIpc) is 3.01. The average molecular weight is 290 g/mol. The Morgan fingerprint density at radius 1 is 1.24 bits per heavy atom. The Kier molecular flexibility index (Phi) is 5.71. The fourth-order valence-corrected chi connectivity index (χ4v) is 2.34. The number of nitrogens with one attached hydrogen (secondary N) is 4. The van der Waals surface area contributed by atoms with Gasteiger partial charge in [-0.3, -0.25) is 15.0 Å². The Balaban J connectivity index is 1.88. The highest BCUT2D eigenvalue weighted by Crippen LogP contribution is 2.24. The first-order valence-corrected chi connectivity index (χ1v) is 7.30. The van der Waals surface area contributed by atoms with Crippen LogP contribution in [0.4, 0.5) is 0 Å². The molecule has 114 valence electrons. The number of carbonyl (C=O) groups is 2. The molecule has 6 heteroatoms. The summed E-state index contributed by atoms with van der Waals surface area (Å²) in [6.07, 6.45) is 0.881. The molecule has 0 radical (unpaired) electrons. The number of hydrazine groups is 1. The molecule has 21 heavy (non-hydrogen) atoms. The molecular weight excluding hydrogens is 268 g/mol. The first-order valence-electron chi connectivity index (χ1n) is 7.30. The van der Waals surface area contributed by atoms with E-state index < -0.39 is 0 Å². The maximum atomic E-state index is 12.2. The molecule has 1 saturated heterocycles. The summed E-state index contributed by atoms with van der Waals surface area (Å²) >= 11 is 0. The molecule has 0 aliphatic carbocycles. The molecule has 1 aliphatic rings. The summed E-state index contributed by atoms with van der Waals surface area (Å²) in [4.78, 5) is 23.8. The molecule has 2 rings (SSSR count). The van der Waals surface area contributed by atoms with Crippen molar-refractivity contribution in [2.75, 3.05) is 19.6 Å². The van der Waals surface area contributed by atoms with E-state index in [9.17, 15) is 9.59 Å². The van der Waals surface area contributed by atoms with Gasteiger partial charge in [-0.05, 0) is 12.0 Å². The largest absolute Gasteiger partial charge is 0.355 e. The smallest absolute Gasteiger partial charge is 0.239 e. The topological polar surface area (TPSA) is 82.3 Å². The molecule has 2 amide bonds. The second-order valence-electron chi connectivity index (χ2n) is 5.09.